The molecule has 0 radical (unpaired) electrons. The lowest BCUT2D eigenvalue weighted by molar-refractivity contribution is 0.103. The molecule has 1 aliphatic heterocycles. The lowest BCUT2D eigenvalue weighted by Gasteiger charge is -2.31. The predicted octanol–water partition coefficient (Wildman–Crippen LogP) is 3.32. The minimum absolute atomic E-state index is 0.0497. The Morgan fingerprint density at radius 3 is 2.39 bits per heavy atom. The van der Waals surface area contributed by atoms with Gasteiger partial charge < -0.3 is 19.1 Å². The zero-order valence-electron chi connectivity index (χ0n) is 16.0. The highest BCUT2D eigenvalue weighted by molar-refractivity contribution is 6.16. The van der Waals surface area contributed by atoms with Gasteiger partial charge in [0.05, 0.1) is 44.2 Å². The number of ether oxygens (including phenoxy) is 3. The monoisotopic (exact) mass is 378 g/mol. The number of rotatable bonds is 5. The van der Waals surface area contributed by atoms with Crippen molar-refractivity contribution in [3.05, 3.63) is 59.8 Å². The SMILES string of the molecule is COc1cc2ncc(C(=O)c3ccccc3)c(N3CCOCC3)c2cc1OC. The number of ketones is 1. The number of methoxy groups -OCH3 is 2. The summed E-state index contributed by atoms with van der Waals surface area (Å²) >= 11 is 0. The zero-order chi connectivity index (χ0) is 19.5. The van der Waals surface area contributed by atoms with E-state index in [4.69, 9.17) is 14.2 Å². The Labute approximate surface area is 163 Å². The Morgan fingerprint density at radius 2 is 1.71 bits per heavy atom. The minimum atomic E-state index is -0.0497. The molecule has 6 nitrogen and oxygen atoms in total. The van der Waals surface area contributed by atoms with Crippen LogP contribution in [-0.2, 0) is 4.74 Å². The van der Waals surface area contributed by atoms with Gasteiger partial charge in [-0.2, -0.15) is 0 Å². The van der Waals surface area contributed by atoms with Gasteiger partial charge in [0.1, 0.15) is 0 Å². The number of hydrogen-bond acceptors (Lipinski definition) is 6. The van der Waals surface area contributed by atoms with E-state index >= 15 is 0 Å². The Hall–Kier alpha value is -3.12. The van der Waals surface area contributed by atoms with E-state index in [1.807, 2.05) is 42.5 Å². The number of pyridine rings is 1. The van der Waals surface area contributed by atoms with E-state index in [-0.39, 0.29) is 5.78 Å². The molecular weight excluding hydrogens is 356 g/mol. The third-order valence-electron chi connectivity index (χ3n) is 4.95. The van der Waals surface area contributed by atoms with Crippen LogP contribution in [0, 0.1) is 0 Å². The normalized spacial score (nSPS) is 14.1. The quantitative estimate of drug-likeness (QED) is 0.635. The van der Waals surface area contributed by atoms with Crippen LogP contribution in [0.5, 0.6) is 11.5 Å². The maximum absolute atomic E-state index is 13.3. The molecule has 1 saturated heterocycles. The maximum atomic E-state index is 13.3. The summed E-state index contributed by atoms with van der Waals surface area (Å²) in [5, 5.41) is 0.862. The summed E-state index contributed by atoms with van der Waals surface area (Å²) in [5.74, 6) is 1.17. The first-order chi connectivity index (χ1) is 13.7. The van der Waals surface area contributed by atoms with Crippen molar-refractivity contribution in [2.24, 2.45) is 0 Å². The van der Waals surface area contributed by atoms with Crippen LogP contribution >= 0.6 is 0 Å². The average molecular weight is 378 g/mol. The summed E-state index contributed by atoms with van der Waals surface area (Å²) in [6.07, 6.45) is 1.66. The molecule has 3 aromatic rings. The van der Waals surface area contributed by atoms with E-state index in [0.717, 1.165) is 16.6 Å². The molecule has 0 atom stereocenters. The number of benzene rings is 2. The second kappa shape index (κ2) is 7.86. The van der Waals surface area contributed by atoms with Crippen molar-refractivity contribution in [3.8, 4) is 11.5 Å². The second-order valence-corrected chi connectivity index (χ2v) is 6.54. The fraction of sp³-hybridized carbons (Fsp3) is 0.273. The van der Waals surface area contributed by atoms with Gasteiger partial charge in [-0.1, -0.05) is 30.3 Å². The fourth-order valence-electron chi connectivity index (χ4n) is 3.54. The number of hydrogen-bond donors (Lipinski definition) is 0. The molecule has 0 bridgehead atoms. The molecule has 0 spiro atoms. The second-order valence-electron chi connectivity index (χ2n) is 6.54. The van der Waals surface area contributed by atoms with Crippen molar-refractivity contribution < 1.29 is 19.0 Å². The molecule has 2 heterocycles. The number of nitrogens with zero attached hydrogens (tertiary/aromatic N) is 2. The van der Waals surface area contributed by atoms with Gasteiger partial charge in [0, 0.05) is 36.3 Å². The number of carbonyl (C=O) groups excluding carboxylic acids is 1. The van der Waals surface area contributed by atoms with Gasteiger partial charge in [-0.25, -0.2) is 0 Å². The topological polar surface area (TPSA) is 60.9 Å². The van der Waals surface area contributed by atoms with Gasteiger partial charge in [0.25, 0.3) is 0 Å². The van der Waals surface area contributed by atoms with Crippen LogP contribution in [0.25, 0.3) is 10.9 Å². The van der Waals surface area contributed by atoms with Gasteiger partial charge in [-0.15, -0.1) is 0 Å². The summed E-state index contributed by atoms with van der Waals surface area (Å²) in [6.45, 7) is 2.66. The number of aromatic nitrogens is 1. The first-order valence-corrected chi connectivity index (χ1v) is 9.20. The van der Waals surface area contributed by atoms with E-state index in [2.05, 4.69) is 9.88 Å². The van der Waals surface area contributed by atoms with Crippen LogP contribution in [0.15, 0.2) is 48.7 Å². The van der Waals surface area contributed by atoms with E-state index in [1.54, 1.807) is 20.4 Å². The van der Waals surface area contributed by atoms with Crippen molar-refractivity contribution in [2.75, 3.05) is 45.4 Å². The Balaban J connectivity index is 1.94. The first-order valence-electron chi connectivity index (χ1n) is 9.20. The molecule has 0 saturated carbocycles. The Bertz CT molecular complexity index is 998. The first kappa shape index (κ1) is 18.3. The summed E-state index contributed by atoms with van der Waals surface area (Å²) in [5.41, 5.74) is 2.83. The molecule has 0 aliphatic carbocycles. The lowest BCUT2D eigenvalue weighted by Crippen LogP contribution is -2.37. The number of anilines is 1. The molecule has 2 aromatic carbocycles. The van der Waals surface area contributed by atoms with Crippen molar-refractivity contribution in [1.29, 1.82) is 0 Å². The highest BCUT2D eigenvalue weighted by Gasteiger charge is 2.24. The van der Waals surface area contributed by atoms with Gasteiger partial charge in [-0.3, -0.25) is 9.78 Å². The van der Waals surface area contributed by atoms with Gasteiger partial charge in [0.15, 0.2) is 17.3 Å². The van der Waals surface area contributed by atoms with Gasteiger partial charge in [-0.05, 0) is 6.07 Å². The van der Waals surface area contributed by atoms with Crippen molar-refractivity contribution in [3.63, 3.8) is 0 Å². The fourth-order valence-corrected chi connectivity index (χ4v) is 3.54. The average Bonchev–Trinajstić information content (AvgIpc) is 2.77. The predicted molar refractivity (Wildman–Crippen MR) is 108 cm³/mol. The van der Waals surface area contributed by atoms with E-state index in [9.17, 15) is 4.79 Å². The largest absolute Gasteiger partial charge is 0.493 e. The summed E-state index contributed by atoms with van der Waals surface area (Å²) in [7, 11) is 3.20. The number of fused-ring (bicyclic) bond motifs is 1. The molecule has 6 heteroatoms. The molecule has 28 heavy (non-hydrogen) atoms. The molecular formula is C22H22N2O4. The van der Waals surface area contributed by atoms with E-state index in [1.165, 1.54) is 0 Å². The Morgan fingerprint density at radius 1 is 1.04 bits per heavy atom. The third kappa shape index (κ3) is 3.27. The van der Waals surface area contributed by atoms with Crippen LogP contribution in [0.4, 0.5) is 5.69 Å². The molecule has 144 valence electrons. The molecule has 0 N–H and O–H groups in total. The smallest absolute Gasteiger partial charge is 0.196 e. The summed E-state index contributed by atoms with van der Waals surface area (Å²) in [4.78, 5) is 20.0. The molecule has 1 aliphatic rings. The molecule has 1 fully saturated rings. The van der Waals surface area contributed by atoms with Crippen molar-refractivity contribution in [1.82, 2.24) is 4.98 Å². The lowest BCUT2D eigenvalue weighted by atomic mass is 9.99. The van der Waals surface area contributed by atoms with Crippen LogP contribution in [0.1, 0.15) is 15.9 Å². The van der Waals surface area contributed by atoms with Crippen LogP contribution in [0.2, 0.25) is 0 Å². The van der Waals surface area contributed by atoms with Crippen molar-refractivity contribution in [2.45, 2.75) is 0 Å². The summed E-state index contributed by atoms with van der Waals surface area (Å²) < 4.78 is 16.4. The maximum Gasteiger partial charge on any atom is 0.196 e. The standard InChI is InChI=1S/C22H22N2O4/c1-26-19-12-16-18(13-20(19)27-2)23-14-17(21(16)24-8-10-28-11-9-24)22(25)15-6-4-3-5-7-15/h3-7,12-14H,8-11H2,1-2H3. The number of morpholine rings is 1. The molecule has 1 aromatic heterocycles. The zero-order valence-corrected chi connectivity index (χ0v) is 16.0. The Kier molecular flexibility index (Phi) is 5.12. The van der Waals surface area contributed by atoms with E-state index in [0.29, 0.717) is 48.9 Å². The molecule has 0 amide bonds. The molecule has 0 unspecified atom stereocenters. The highest BCUT2D eigenvalue weighted by atomic mass is 16.5. The van der Waals surface area contributed by atoms with E-state index < -0.39 is 0 Å². The van der Waals surface area contributed by atoms with Crippen LogP contribution in [0.3, 0.4) is 0 Å². The third-order valence-corrected chi connectivity index (χ3v) is 4.95. The van der Waals surface area contributed by atoms with Gasteiger partial charge in [0.2, 0.25) is 0 Å². The molecule has 4 rings (SSSR count). The van der Waals surface area contributed by atoms with Crippen LogP contribution in [-0.4, -0.2) is 51.3 Å². The number of carbonyl (C=O) groups is 1. The van der Waals surface area contributed by atoms with Crippen molar-refractivity contribution >= 4 is 22.4 Å². The van der Waals surface area contributed by atoms with Crippen LogP contribution < -0.4 is 14.4 Å². The van der Waals surface area contributed by atoms with Gasteiger partial charge >= 0.3 is 0 Å². The highest BCUT2D eigenvalue weighted by Crippen LogP contribution is 2.38. The minimum Gasteiger partial charge on any atom is -0.493 e. The summed E-state index contributed by atoms with van der Waals surface area (Å²) in [6, 6.07) is 13.0.